The summed E-state index contributed by atoms with van der Waals surface area (Å²) in [6, 6.07) is 13.3. The summed E-state index contributed by atoms with van der Waals surface area (Å²) in [7, 11) is 0. The first-order chi connectivity index (χ1) is 14.0. The molecule has 156 valence electrons. The van der Waals surface area contributed by atoms with Crippen molar-refractivity contribution in [1.29, 1.82) is 0 Å². The van der Waals surface area contributed by atoms with E-state index >= 15 is 0 Å². The molecule has 1 saturated heterocycles. The molecule has 3 rings (SSSR count). The number of thiophene rings is 1. The molecular formula is C23H31N3O2S. The number of carbonyl (C=O) groups is 2. The van der Waals surface area contributed by atoms with Gasteiger partial charge in [0.1, 0.15) is 0 Å². The average molecular weight is 414 g/mol. The minimum Gasteiger partial charge on any atom is -0.354 e. The molecule has 2 heterocycles. The Morgan fingerprint density at radius 2 is 1.86 bits per heavy atom. The van der Waals surface area contributed by atoms with Gasteiger partial charge in [-0.15, -0.1) is 11.3 Å². The van der Waals surface area contributed by atoms with Crippen LogP contribution in [0.1, 0.15) is 54.4 Å². The highest BCUT2D eigenvalue weighted by Crippen LogP contribution is 2.29. The molecule has 1 aliphatic rings. The van der Waals surface area contributed by atoms with Crippen LogP contribution in [-0.4, -0.2) is 42.4 Å². The molecule has 0 unspecified atom stereocenters. The van der Waals surface area contributed by atoms with E-state index in [4.69, 9.17) is 0 Å². The summed E-state index contributed by atoms with van der Waals surface area (Å²) < 4.78 is 0. The van der Waals surface area contributed by atoms with E-state index in [1.54, 1.807) is 23.5 Å². The number of rotatable bonds is 8. The Bertz CT molecular complexity index is 771. The van der Waals surface area contributed by atoms with Crippen molar-refractivity contribution < 1.29 is 9.59 Å². The Hall–Kier alpha value is -2.18. The van der Waals surface area contributed by atoms with Crippen LogP contribution >= 0.6 is 11.3 Å². The smallest absolute Gasteiger partial charge is 0.251 e. The third-order valence-electron chi connectivity index (χ3n) is 5.53. The molecule has 5 nitrogen and oxygen atoms in total. The summed E-state index contributed by atoms with van der Waals surface area (Å²) in [5.41, 5.74) is 0.608. The average Bonchev–Trinajstić information content (AvgIpc) is 3.24. The number of carbonyl (C=O) groups excluding carboxylic acids is 2. The van der Waals surface area contributed by atoms with Crippen LogP contribution in [0.15, 0.2) is 47.8 Å². The SMILES string of the molecule is CC1CCN([C@H](CNC(=O)C[C@@H](C)NC(=O)c2ccccc2)c2cccs2)CC1. The highest BCUT2D eigenvalue weighted by Gasteiger charge is 2.26. The largest absolute Gasteiger partial charge is 0.354 e. The van der Waals surface area contributed by atoms with Gasteiger partial charge in [0.15, 0.2) is 0 Å². The van der Waals surface area contributed by atoms with Gasteiger partial charge in [0.05, 0.1) is 6.04 Å². The lowest BCUT2D eigenvalue weighted by atomic mass is 9.97. The van der Waals surface area contributed by atoms with Crippen LogP contribution in [-0.2, 0) is 4.79 Å². The Balaban J connectivity index is 1.50. The highest BCUT2D eigenvalue weighted by molar-refractivity contribution is 7.10. The van der Waals surface area contributed by atoms with E-state index in [1.807, 2.05) is 25.1 Å². The quantitative estimate of drug-likeness (QED) is 0.691. The number of likely N-dealkylation sites (tertiary alicyclic amines) is 1. The topological polar surface area (TPSA) is 61.4 Å². The van der Waals surface area contributed by atoms with Crippen LogP contribution in [0, 0.1) is 5.92 Å². The monoisotopic (exact) mass is 413 g/mol. The van der Waals surface area contributed by atoms with Gasteiger partial charge in [-0.25, -0.2) is 0 Å². The normalized spacial score (nSPS) is 17.4. The molecule has 2 N–H and O–H groups in total. The number of nitrogens with one attached hydrogen (secondary N) is 2. The zero-order valence-electron chi connectivity index (χ0n) is 17.3. The van der Waals surface area contributed by atoms with Crippen molar-refractivity contribution in [2.24, 2.45) is 5.92 Å². The van der Waals surface area contributed by atoms with Gasteiger partial charge in [0.25, 0.3) is 5.91 Å². The predicted molar refractivity (Wildman–Crippen MR) is 118 cm³/mol. The van der Waals surface area contributed by atoms with E-state index in [9.17, 15) is 9.59 Å². The summed E-state index contributed by atoms with van der Waals surface area (Å²) in [5, 5.41) is 8.10. The molecule has 0 spiro atoms. The van der Waals surface area contributed by atoms with Crippen LogP contribution in [0.2, 0.25) is 0 Å². The Labute approximate surface area is 177 Å². The van der Waals surface area contributed by atoms with Gasteiger partial charge < -0.3 is 10.6 Å². The molecule has 2 aromatic rings. The first-order valence-electron chi connectivity index (χ1n) is 10.4. The standard InChI is InChI=1S/C23H31N3O2S/c1-17-10-12-26(13-11-17)20(21-9-6-14-29-21)16-24-22(27)15-18(2)25-23(28)19-7-4-3-5-8-19/h3-9,14,17-18,20H,10-13,15-16H2,1-2H3,(H,24,27)(H,25,28)/t18-,20-/m1/s1. The van der Waals surface area contributed by atoms with Gasteiger partial charge in [-0.2, -0.15) is 0 Å². The lowest BCUT2D eigenvalue weighted by Gasteiger charge is -2.36. The van der Waals surface area contributed by atoms with Crippen molar-refractivity contribution in [2.45, 2.75) is 45.2 Å². The zero-order valence-corrected chi connectivity index (χ0v) is 18.1. The lowest BCUT2D eigenvalue weighted by Crippen LogP contribution is -2.43. The maximum atomic E-state index is 12.5. The number of piperidine rings is 1. The van der Waals surface area contributed by atoms with Gasteiger partial charge in [0.2, 0.25) is 5.91 Å². The van der Waals surface area contributed by atoms with Crippen molar-refractivity contribution in [3.63, 3.8) is 0 Å². The molecule has 6 heteroatoms. The third kappa shape index (κ3) is 6.41. The van der Waals surface area contributed by atoms with E-state index in [0.29, 0.717) is 12.1 Å². The van der Waals surface area contributed by atoms with Crippen molar-refractivity contribution in [1.82, 2.24) is 15.5 Å². The molecular weight excluding hydrogens is 382 g/mol. The van der Waals surface area contributed by atoms with E-state index in [0.717, 1.165) is 19.0 Å². The minimum absolute atomic E-state index is 0.0298. The first-order valence-corrected chi connectivity index (χ1v) is 11.3. The van der Waals surface area contributed by atoms with Crippen LogP contribution in [0.4, 0.5) is 0 Å². The minimum atomic E-state index is -0.223. The number of hydrogen-bond acceptors (Lipinski definition) is 4. The van der Waals surface area contributed by atoms with E-state index in [2.05, 4.69) is 40.0 Å². The molecule has 1 aliphatic heterocycles. The fourth-order valence-electron chi connectivity index (χ4n) is 3.74. The molecule has 1 aromatic carbocycles. The van der Waals surface area contributed by atoms with Gasteiger partial charge in [-0.1, -0.05) is 31.2 Å². The second-order valence-electron chi connectivity index (χ2n) is 8.00. The van der Waals surface area contributed by atoms with Gasteiger partial charge in [-0.05, 0) is 62.4 Å². The number of nitrogens with zero attached hydrogens (tertiary/aromatic N) is 1. The van der Waals surface area contributed by atoms with Crippen molar-refractivity contribution >= 4 is 23.2 Å². The first kappa shape index (κ1) is 21.5. The summed E-state index contributed by atoms with van der Waals surface area (Å²) in [6.45, 7) is 6.92. The Kier molecular flexibility index (Phi) is 7.83. The Morgan fingerprint density at radius 1 is 1.14 bits per heavy atom. The molecule has 1 fully saturated rings. The number of amides is 2. The second kappa shape index (κ2) is 10.6. The fourth-order valence-corrected chi connectivity index (χ4v) is 4.60. The molecule has 0 bridgehead atoms. The maximum absolute atomic E-state index is 12.5. The zero-order chi connectivity index (χ0) is 20.6. The molecule has 29 heavy (non-hydrogen) atoms. The maximum Gasteiger partial charge on any atom is 0.251 e. The van der Waals surface area contributed by atoms with Crippen molar-refractivity contribution in [2.75, 3.05) is 19.6 Å². The second-order valence-corrected chi connectivity index (χ2v) is 8.98. The number of hydrogen-bond donors (Lipinski definition) is 2. The summed E-state index contributed by atoms with van der Waals surface area (Å²) in [5.74, 6) is 0.599. The van der Waals surface area contributed by atoms with Crippen LogP contribution in [0.25, 0.3) is 0 Å². The predicted octanol–water partition coefficient (Wildman–Crippen LogP) is 3.85. The number of benzene rings is 1. The molecule has 2 amide bonds. The van der Waals surface area contributed by atoms with Gasteiger partial charge in [0, 0.05) is 29.4 Å². The summed E-state index contributed by atoms with van der Waals surface area (Å²) in [4.78, 5) is 28.5. The van der Waals surface area contributed by atoms with Crippen LogP contribution in [0.3, 0.4) is 0 Å². The lowest BCUT2D eigenvalue weighted by molar-refractivity contribution is -0.121. The van der Waals surface area contributed by atoms with Crippen molar-refractivity contribution in [3.05, 3.63) is 58.3 Å². The van der Waals surface area contributed by atoms with Gasteiger partial charge in [-0.3, -0.25) is 14.5 Å². The molecule has 0 aliphatic carbocycles. The molecule has 0 saturated carbocycles. The van der Waals surface area contributed by atoms with E-state index < -0.39 is 0 Å². The molecule has 0 radical (unpaired) electrons. The van der Waals surface area contributed by atoms with Gasteiger partial charge >= 0.3 is 0 Å². The fraction of sp³-hybridized carbons (Fsp3) is 0.478. The van der Waals surface area contributed by atoms with Crippen LogP contribution < -0.4 is 10.6 Å². The Morgan fingerprint density at radius 3 is 2.52 bits per heavy atom. The highest BCUT2D eigenvalue weighted by atomic mass is 32.1. The summed E-state index contributed by atoms with van der Waals surface area (Å²) in [6.07, 6.45) is 2.68. The third-order valence-corrected chi connectivity index (χ3v) is 6.50. The molecule has 1 aromatic heterocycles. The molecule has 2 atom stereocenters. The van der Waals surface area contributed by atoms with E-state index in [-0.39, 0.29) is 30.3 Å². The summed E-state index contributed by atoms with van der Waals surface area (Å²) >= 11 is 1.75. The van der Waals surface area contributed by atoms with Crippen LogP contribution in [0.5, 0.6) is 0 Å². The van der Waals surface area contributed by atoms with Crippen molar-refractivity contribution in [3.8, 4) is 0 Å². The van der Waals surface area contributed by atoms with E-state index in [1.165, 1.54) is 17.7 Å².